The van der Waals surface area contributed by atoms with E-state index in [4.69, 9.17) is 16.3 Å². The molecular weight excluding hydrogens is 623 g/mol. The van der Waals surface area contributed by atoms with Crippen molar-refractivity contribution in [1.29, 1.82) is 0 Å². The molecule has 0 saturated heterocycles. The SMILES string of the molecule is CC(C)(C(=O)NCc1ccc(Cl)c(C(=O)Nc2ccc(OCC(F)F)c(C(=O)Nc3ccnc4ccccc34)c2)c1)C(F)(F)F. The van der Waals surface area contributed by atoms with Crippen LogP contribution in [0.4, 0.5) is 33.3 Å². The molecule has 8 nitrogen and oxygen atoms in total. The van der Waals surface area contributed by atoms with Crippen LogP contribution in [0, 0.1) is 5.41 Å². The maximum atomic E-state index is 13.4. The van der Waals surface area contributed by atoms with Gasteiger partial charge in [0.15, 0.2) is 0 Å². The minimum atomic E-state index is -4.77. The summed E-state index contributed by atoms with van der Waals surface area (Å²) in [5.41, 5.74) is -1.51. The van der Waals surface area contributed by atoms with Crippen LogP contribution < -0.4 is 20.7 Å². The van der Waals surface area contributed by atoms with Gasteiger partial charge in [-0.1, -0.05) is 35.9 Å². The number of hydrogen-bond acceptors (Lipinski definition) is 5. The van der Waals surface area contributed by atoms with Crippen LogP contribution in [-0.2, 0) is 11.3 Å². The number of aromatic nitrogens is 1. The quantitative estimate of drug-likeness (QED) is 0.157. The molecule has 0 aliphatic carbocycles. The Bertz CT molecular complexity index is 1740. The van der Waals surface area contributed by atoms with Gasteiger partial charge >= 0.3 is 6.18 Å². The number of para-hydroxylation sites is 1. The number of nitrogens with one attached hydrogen (secondary N) is 3. The van der Waals surface area contributed by atoms with Gasteiger partial charge in [0.05, 0.1) is 27.4 Å². The molecule has 4 rings (SSSR count). The van der Waals surface area contributed by atoms with Crippen molar-refractivity contribution in [3.8, 4) is 5.75 Å². The van der Waals surface area contributed by atoms with Gasteiger partial charge in [-0.2, -0.15) is 13.2 Å². The molecule has 14 heteroatoms. The minimum absolute atomic E-state index is 0.00221. The molecule has 3 N–H and O–H groups in total. The largest absolute Gasteiger partial charge is 0.487 e. The van der Waals surface area contributed by atoms with E-state index in [1.807, 2.05) is 0 Å². The number of halogens is 6. The van der Waals surface area contributed by atoms with Gasteiger partial charge in [-0.3, -0.25) is 19.4 Å². The Hall–Kier alpha value is -4.78. The van der Waals surface area contributed by atoms with Crippen molar-refractivity contribution < 1.29 is 41.1 Å². The summed E-state index contributed by atoms with van der Waals surface area (Å²) in [7, 11) is 0. The highest BCUT2D eigenvalue weighted by Gasteiger charge is 2.52. The van der Waals surface area contributed by atoms with E-state index in [0.717, 1.165) is 13.8 Å². The van der Waals surface area contributed by atoms with Crippen molar-refractivity contribution in [2.24, 2.45) is 5.41 Å². The maximum absolute atomic E-state index is 13.4. The van der Waals surface area contributed by atoms with Gasteiger partial charge in [0, 0.05) is 23.8 Å². The van der Waals surface area contributed by atoms with Crippen LogP contribution in [0.2, 0.25) is 5.02 Å². The fraction of sp³-hybridized carbons (Fsp3) is 0.226. The summed E-state index contributed by atoms with van der Waals surface area (Å²) >= 11 is 6.21. The molecule has 236 valence electrons. The molecule has 1 heterocycles. The zero-order valence-corrected chi connectivity index (χ0v) is 24.5. The van der Waals surface area contributed by atoms with Gasteiger partial charge in [-0.15, -0.1) is 0 Å². The third-order valence-electron chi connectivity index (χ3n) is 6.75. The number of carbonyl (C=O) groups is 3. The Morgan fingerprint density at radius 1 is 0.911 bits per heavy atom. The molecule has 45 heavy (non-hydrogen) atoms. The lowest BCUT2D eigenvalue weighted by Gasteiger charge is -2.26. The summed E-state index contributed by atoms with van der Waals surface area (Å²) in [4.78, 5) is 42.9. The summed E-state index contributed by atoms with van der Waals surface area (Å²) in [6.07, 6.45) is -6.10. The van der Waals surface area contributed by atoms with Crippen LogP contribution in [0.5, 0.6) is 5.75 Å². The third-order valence-corrected chi connectivity index (χ3v) is 7.08. The van der Waals surface area contributed by atoms with E-state index < -0.39 is 42.3 Å². The van der Waals surface area contributed by atoms with Crippen molar-refractivity contribution in [2.75, 3.05) is 17.2 Å². The molecule has 3 aromatic carbocycles. The predicted molar refractivity (Wildman–Crippen MR) is 159 cm³/mol. The standard InChI is InChI=1S/C31H26ClF5N4O4/c1-30(2,31(35,36)37)29(44)39-15-17-7-9-22(32)20(13-17)27(42)40-18-8-10-25(45-16-26(33)34)21(14-18)28(43)41-24-11-12-38-23-6-4-3-5-19(23)24/h3-14,26H,15-16H2,1-2H3,(H,39,44)(H,40,42)(H,38,41,43). The van der Waals surface area contributed by atoms with Crippen LogP contribution in [0.25, 0.3) is 10.9 Å². The number of anilines is 2. The van der Waals surface area contributed by atoms with Crippen LogP contribution in [0.15, 0.2) is 72.9 Å². The number of amides is 3. The number of pyridine rings is 1. The van der Waals surface area contributed by atoms with Gasteiger partial charge in [0.2, 0.25) is 5.91 Å². The molecule has 0 spiro atoms. The molecule has 0 saturated carbocycles. The van der Waals surface area contributed by atoms with Gasteiger partial charge in [0.1, 0.15) is 17.8 Å². The van der Waals surface area contributed by atoms with Crippen LogP contribution >= 0.6 is 11.6 Å². The summed E-state index contributed by atoms with van der Waals surface area (Å²) in [6.45, 7) is 0.199. The van der Waals surface area contributed by atoms with Crippen LogP contribution in [-0.4, -0.2) is 41.9 Å². The van der Waals surface area contributed by atoms with Gasteiger partial charge in [0.25, 0.3) is 18.2 Å². The van der Waals surface area contributed by atoms with E-state index >= 15 is 0 Å². The molecule has 0 radical (unpaired) electrons. The Labute approximate surface area is 258 Å². The summed E-state index contributed by atoms with van der Waals surface area (Å²) in [5.74, 6) is -2.89. The van der Waals surface area contributed by atoms with Crippen molar-refractivity contribution in [1.82, 2.24) is 10.3 Å². The number of ether oxygens (including phenoxy) is 1. The number of carbonyl (C=O) groups excluding carboxylic acids is 3. The zero-order chi connectivity index (χ0) is 32.9. The molecule has 0 unspecified atom stereocenters. The van der Waals surface area contributed by atoms with E-state index in [1.54, 1.807) is 30.3 Å². The Morgan fingerprint density at radius 2 is 1.62 bits per heavy atom. The third kappa shape index (κ3) is 7.85. The lowest BCUT2D eigenvalue weighted by Crippen LogP contribution is -2.46. The second-order valence-electron chi connectivity index (χ2n) is 10.3. The first-order valence-corrected chi connectivity index (χ1v) is 13.7. The summed E-state index contributed by atoms with van der Waals surface area (Å²) in [5, 5.41) is 8.11. The fourth-order valence-corrected chi connectivity index (χ4v) is 4.25. The summed E-state index contributed by atoms with van der Waals surface area (Å²) < 4.78 is 70.6. The molecule has 0 aliphatic rings. The molecule has 0 bridgehead atoms. The Balaban J connectivity index is 1.56. The van der Waals surface area contributed by atoms with E-state index in [0.29, 0.717) is 16.6 Å². The van der Waals surface area contributed by atoms with E-state index in [1.165, 1.54) is 42.6 Å². The van der Waals surface area contributed by atoms with Crippen molar-refractivity contribution in [2.45, 2.75) is 33.0 Å². The zero-order valence-electron chi connectivity index (χ0n) is 23.8. The van der Waals surface area contributed by atoms with E-state index in [9.17, 15) is 36.3 Å². The lowest BCUT2D eigenvalue weighted by molar-refractivity contribution is -0.211. The smallest absolute Gasteiger partial charge is 0.402 e. The minimum Gasteiger partial charge on any atom is -0.487 e. The van der Waals surface area contributed by atoms with Gasteiger partial charge < -0.3 is 20.7 Å². The number of rotatable bonds is 10. The average Bonchev–Trinajstić information content (AvgIpc) is 2.99. The number of nitrogens with zero attached hydrogens (tertiary/aromatic N) is 1. The first-order valence-electron chi connectivity index (χ1n) is 13.3. The summed E-state index contributed by atoms with van der Waals surface area (Å²) in [6, 6.07) is 16.4. The van der Waals surface area contributed by atoms with E-state index in [2.05, 4.69) is 20.9 Å². The topological polar surface area (TPSA) is 109 Å². The van der Waals surface area contributed by atoms with Crippen molar-refractivity contribution in [3.63, 3.8) is 0 Å². The van der Waals surface area contributed by atoms with Crippen LogP contribution in [0.1, 0.15) is 40.1 Å². The Kier molecular flexibility index (Phi) is 9.91. The first-order chi connectivity index (χ1) is 21.2. The highest BCUT2D eigenvalue weighted by Crippen LogP contribution is 2.37. The molecular formula is C31H26ClF5N4O4. The lowest BCUT2D eigenvalue weighted by atomic mass is 9.91. The van der Waals surface area contributed by atoms with Crippen molar-refractivity contribution >= 4 is 51.6 Å². The fourth-order valence-electron chi connectivity index (χ4n) is 4.05. The van der Waals surface area contributed by atoms with Crippen LogP contribution in [0.3, 0.4) is 0 Å². The highest BCUT2D eigenvalue weighted by atomic mass is 35.5. The predicted octanol–water partition coefficient (Wildman–Crippen LogP) is 7.24. The average molecular weight is 649 g/mol. The Morgan fingerprint density at radius 3 is 2.33 bits per heavy atom. The monoisotopic (exact) mass is 648 g/mol. The number of fused-ring (bicyclic) bond motifs is 1. The molecule has 0 aliphatic heterocycles. The second kappa shape index (κ2) is 13.5. The van der Waals surface area contributed by atoms with Gasteiger partial charge in [-0.25, -0.2) is 8.78 Å². The number of benzene rings is 3. The molecule has 3 amide bonds. The van der Waals surface area contributed by atoms with Gasteiger partial charge in [-0.05, 0) is 61.9 Å². The van der Waals surface area contributed by atoms with Crippen molar-refractivity contribution in [3.05, 3.63) is 94.6 Å². The maximum Gasteiger partial charge on any atom is 0.402 e. The number of alkyl halides is 5. The molecule has 1 aromatic heterocycles. The molecule has 0 fully saturated rings. The normalized spacial score (nSPS) is 11.8. The van der Waals surface area contributed by atoms with E-state index in [-0.39, 0.29) is 39.7 Å². The highest BCUT2D eigenvalue weighted by molar-refractivity contribution is 6.34. The molecule has 0 atom stereocenters. The first kappa shape index (κ1) is 33.1. The number of hydrogen-bond donors (Lipinski definition) is 3. The second-order valence-corrected chi connectivity index (χ2v) is 10.7. The molecule has 4 aromatic rings.